The first-order valence-corrected chi connectivity index (χ1v) is 7.79. The lowest BCUT2D eigenvalue weighted by Gasteiger charge is -2.28. The van der Waals surface area contributed by atoms with Crippen molar-refractivity contribution in [2.75, 3.05) is 14.1 Å². The van der Waals surface area contributed by atoms with Crippen molar-refractivity contribution in [1.82, 2.24) is 14.8 Å². The number of halogens is 1. The normalized spacial score (nSPS) is 15.3. The Bertz CT molecular complexity index is 847. The number of hydrogen-bond donors (Lipinski definition) is 0. The van der Waals surface area contributed by atoms with Crippen LogP contribution in [0.4, 0.5) is 9.18 Å². The number of carbonyl (C=O) groups is 3. The van der Waals surface area contributed by atoms with Gasteiger partial charge in [-0.05, 0) is 30.3 Å². The average Bonchev–Trinajstić information content (AvgIpc) is 3.04. The first kappa shape index (κ1) is 16.0. The molecule has 0 saturated carbocycles. The Hall–Kier alpha value is -2.87. The molecule has 4 amide bonds. The second-order valence-electron chi connectivity index (χ2n) is 5.15. The highest BCUT2D eigenvalue weighted by Crippen LogP contribution is 2.26. The van der Waals surface area contributed by atoms with Crippen molar-refractivity contribution < 1.29 is 18.8 Å². The number of nitrogens with zero attached hydrogens (tertiary/aromatic N) is 3. The minimum atomic E-state index is -0.674. The van der Waals surface area contributed by atoms with Crippen molar-refractivity contribution in [3.8, 4) is 10.6 Å². The van der Waals surface area contributed by atoms with Crippen LogP contribution in [-0.4, -0.2) is 46.7 Å². The predicted molar refractivity (Wildman–Crippen MR) is 86.4 cm³/mol. The fraction of sp³-hybridized carbons (Fsp3) is 0.125. The number of rotatable bonds is 2. The summed E-state index contributed by atoms with van der Waals surface area (Å²) in [5.41, 5.74) is 1.03. The molecule has 0 N–H and O–H groups in total. The van der Waals surface area contributed by atoms with Crippen LogP contribution in [0.1, 0.15) is 5.69 Å². The smallest absolute Gasteiger partial charge is 0.268 e. The quantitative estimate of drug-likeness (QED) is 0.619. The number of thiazole rings is 1. The number of benzene rings is 1. The highest BCUT2D eigenvalue weighted by molar-refractivity contribution is 7.13. The van der Waals surface area contributed by atoms with Gasteiger partial charge in [0.1, 0.15) is 16.4 Å². The van der Waals surface area contributed by atoms with Gasteiger partial charge in [-0.1, -0.05) is 0 Å². The number of likely N-dealkylation sites (N-methyl/N-ethyl adjacent to an activating group) is 2. The van der Waals surface area contributed by atoms with Gasteiger partial charge in [-0.3, -0.25) is 19.4 Å². The van der Waals surface area contributed by atoms with Crippen LogP contribution in [-0.2, 0) is 9.59 Å². The van der Waals surface area contributed by atoms with Crippen molar-refractivity contribution >= 4 is 35.3 Å². The topological polar surface area (TPSA) is 70.6 Å². The molecule has 24 heavy (non-hydrogen) atoms. The Morgan fingerprint density at radius 3 is 2.21 bits per heavy atom. The Morgan fingerprint density at radius 1 is 1.04 bits per heavy atom. The van der Waals surface area contributed by atoms with E-state index < -0.39 is 17.8 Å². The van der Waals surface area contributed by atoms with Gasteiger partial charge in [0.05, 0.1) is 5.69 Å². The summed E-state index contributed by atoms with van der Waals surface area (Å²) in [6.45, 7) is 0. The lowest BCUT2D eigenvalue weighted by Crippen LogP contribution is -2.52. The highest BCUT2D eigenvalue weighted by atomic mass is 32.1. The van der Waals surface area contributed by atoms with E-state index in [-0.39, 0.29) is 11.4 Å². The molecule has 0 unspecified atom stereocenters. The first-order valence-electron chi connectivity index (χ1n) is 6.91. The summed E-state index contributed by atoms with van der Waals surface area (Å²) in [5.74, 6) is -1.68. The molecule has 2 heterocycles. The zero-order valence-electron chi connectivity index (χ0n) is 12.8. The molecule has 1 aromatic carbocycles. The molecule has 1 aliphatic heterocycles. The summed E-state index contributed by atoms with van der Waals surface area (Å²) in [7, 11) is 2.62. The predicted octanol–water partition coefficient (Wildman–Crippen LogP) is 2.38. The standard InChI is InChI=1S/C16H12FN3O3S/c1-19-14(21)12(15(22)20(2)16(19)23)7-11-8-24-13(18-11)9-3-5-10(17)6-4-9/h3-8H,1-2H3. The van der Waals surface area contributed by atoms with Crippen LogP contribution in [0, 0.1) is 5.82 Å². The van der Waals surface area contributed by atoms with E-state index in [1.807, 2.05) is 0 Å². The molecule has 1 aliphatic rings. The molecule has 3 rings (SSSR count). The van der Waals surface area contributed by atoms with Crippen LogP contribution >= 0.6 is 11.3 Å². The van der Waals surface area contributed by atoms with Gasteiger partial charge in [0.2, 0.25) is 0 Å². The third-order valence-electron chi connectivity index (χ3n) is 3.55. The monoisotopic (exact) mass is 345 g/mol. The van der Waals surface area contributed by atoms with Gasteiger partial charge in [0.15, 0.2) is 0 Å². The third kappa shape index (κ3) is 2.71. The lowest BCUT2D eigenvalue weighted by atomic mass is 10.1. The fourth-order valence-corrected chi connectivity index (χ4v) is 2.98. The summed E-state index contributed by atoms with van der Waals surface area (Å²) < 4.78 is 13.0. The Balaban J connectivity index is 1.94. The molecule has 0 spiro atoms. The molecule has 1 aromatic heterocycles. The van der Waals surface area contributed by atoms with E-state index >= 15 is 0 Å². The Labute approximate surface area is 140 Å². The molecule has 0 radical (unpaired) electrons. The van der Waals surface area contributed by atoms with Gasteiger partial charge in [-0.25, -0.2) is 14.2 Å². The number of imide groups is 2. The molecule has 1 saturated heterocycles. The molecule has 0 bridgehead atoms. The summed E-state index contributed by atoms with van der Waals surface area (Å²) in [6, 6.07) is 5.19. The van der Waals surface area contributed by atoms with Gasteiger partial charge >= 0.3 is 6.03 Å². The fourth-order valence-electron chi connectivity index (χ4n) is 2.20. The van der Waals surface area contributed by atoms with Crippen LogP contribution < -0.4 is 0 Å². The maximum absolute atomic E-state index is 13.0. The molecule has 122 valence electrons. The maximum Gasteiger partial charge on any atom is 0.333 e. The number of carbonyl (C=O) groups excluding carboxylic acids is 3. The summed E-state index contributed by atoms with van der Waals surface area (Å²) in [4.78, 5) is 42.1. The van der Waals surface area contributed by atoms with E-state index in [9.17, 15) is 18.8 Å². The van der Waals surface area contributed by atoms with Crippen LogP contribution in [0.5, 0.6) is 0 Å². The molecule has 6 nitrogen and oxygen atoms in total. The minimum Gasteiger partial charge on any atom is -0.268 e. The van der Waals surface area contributed by atoms with Crippen LogP contribution in [0.3, 0.4) is 0 Å². The third-order valence-corrected chi connectivity index (χ3v) is 4.46. The maximum atomic E-state index is 13.0. The number of barbiturate groups is 1. The number of urea groups is 1. The lowest BCUT2D eigenvalue weighted by molar-refractivity contribution is -0.134. The van der Waals surface area contributed by atoms with Crippen LogP contribution in [0.2, 0.25) is 0 Å². The molecule has 8 heteroatoms. The van der Waals surface area contributed by atoms with Gasteiger partial charge in [-0.15, -0.1) is 11.3 Å². The van der Waals surface area contributed by atoms with Crippen molar-refractivity contribution in [3.05, 3.63) is 46.7 Å². The molecule has 1 fully saturated rings. The van der Waals surface area contributed by atoms with Gasteiger partial charge < -0.3 is 0 Å². The Kier molecular flexibility index (Phi) is 3.98. The SMILES string of the molecule is CN1C(=O)C(=Cc2csc(-c3ccc(F)cc3)n2)C(=O)N(C)C1=O. The van der Waals surface area contributed by atoms with E-state index in [2.05, 4.69) is 4.98 Å². The van der Waals surface area contributed by atoms with E-state index in [1.165, 1.54) is 43.6 Å². The average molecular weight is 345 g/mol. The number of aromatic nitrogens is 1. The van der Waals surface area contributed by atoms with Gasteiger partial charge in [-0.2, -0.15) is 0 Å². The van der Waals surface area contributed by atoms with Crippen LogP contribution in [0.15, 0.2) is 35.2 Å². The van der Waals surface area contributed by atoms with Gasteiger partial charge in [0.25, 0.3) is 11.8 Å². The molecule has 2 aromatic rings. The zero-order chi connectivity index (χ0) is 17.4. The van der Waals surface area contributed by atoms with Crippen molar-refractivity contribution in [2.24, 2.45) is 0 Å². The molecule has 0 atom stereocenters. The van der Waals surface area contributed by atoms with E-state index in [1.54, 1.807) is 17.5 Å². The van der Waals surface area contributed by atoms with E-state index in [0.717, 1.165) is 15.4 Å². The van der Waals surface area contributed by atoms with Crippen molar-refractivity contribution in [2.45, 2.75) is 0 Å². The largest absolute Gasteiger partial charge is 0.333 e. The minimum absolute atomic E-state index is 0.129. The van der Waals surface area contributed by atoms with E-state index in [0.29, 0.717) is 10.7 Å². The summed E-state index contributed by atoms with van der Waals surface area (Å²) in [5, 5.41) is 2.32. The molecule has 0 aliphatic carbocycles. The number of hydrogen-bond acceptors (Lipinski definition) is 5. The second kappa shape index (κ2) is 5.97. The highest BCUT2D eigenvalue weighted by Gasteiger charge is 2.37. The zero-order valence-corrected chi connectivity index (χ0v) is 13.6. The van der Waals surface area contributed by atoms with Crippen molar-refractivity contribution in [3.63, 3.8) is 0 Å². The number of amides is 4. The molecular formula is C16H12FN3O3S. The van der Waals surface area contributed by atoms with Gasteiger partial charge in [0, 0.05) is 25.0 Å². The first-order chi connectivity index (χ1) is 11.4. The second-order valence-corrected chi connectivity index (χ2v) is 6.01. The molecular weight excluding hydrogens is 333 g/mol. The van der Waals surface area contributed by atoms with E-state index in [4.69, 9.17) is 0 Å². The Morgan fingerprint density at radius 2 is 1.62 bits per heavy atom. The van der Waals surface area contributed by atoms with Crippen LogP contribution in [0.25, 0.3) is 16.6 Å². The summed E-state index contributed by atoms with van der Waals surface area (Å²) >= 11 is 1.31. The van der Waals surface area contributed by atoms with Crippen molar-refractivity contribution in [1.29, 1.82) is 0 Å². The summed E-state index contributed by atoms with van der Waals surface area (Å²) in [6.07, 6.45) is 1.35.